The first-order valence-electron chi connectivity index (χ1n) is 11.4. The second-order valence-electron chi connectivity index (χ2n) is 9.30. The van der Waals surface area contributed by atoms with E-state index in [2.05, 4.69) is 9.97 Å². The normalized spacial score (nSPS) is 20.1. The number of nitrogens with zero attached hydrogens (tertiary/aromatic N) is 3. The standard InChI is InChI=1S/C24H28F3IN4O4/c1-6-15-18(29)17(20-30-11-14(28)19(31-20)21(33)36-23(3,4)5)13-10-12(24(25,26)27)8-9-16(13)32(15)22(34)35-7-2/h8-11,15,17-18H,6-7,29H2,1-5H3. The summed E-state index contributed by atoms with van der Waals surface area (Å²) in [6.45, 7) is 8.66. The minimum atomic E-state index is -4.63. The largest absolute Gasteiger partial charge is 0.455 e. The van der Waals surface area contributed by atoms with E-state index < -0.39 is 47.4 Å². The summed E-state index contributed by atoms with van der Waals surface area (Å²) in [7, 11) is 0. The molecular weight excluding hydrogens is 592 g/mol. The number of esters is 1. The van der Waals surface area contributed by atoms with Gasteiger partial charge in [-0.05, 0) is 80.5 Å². The Kier molecular flexibility index (Phi) is 8.18. The Morgan fingerprint density at radius 2 is 1.86 bits per heavy atom. The van der Waals surface area contributed by atoms with Crippen LogP contribution in [0.15, 0.2) is 24.4 Å². The number of rotatable bonds is 4. The molecular formula is C24H28F3IN4O4. The lowest BCUT2D eigenvalue weighted by atomic mass is 9.79. The highest BCUT2D eigenvalue weighted by Crippen LogP contribution is 2.44. The SMILES string of the molecule is CCOC(=O)N1c2ccc(C(F)(F)F)cc2C(c2ncc(I)c(C(=O)OC(C)(C)C)n2)C(N)C1CC. The van der Waals surface area contributed by atoms with Crippen molar-refractivity contribution < 1.29 is 32.2 Å². The van der Waals surface area contributed by atoms with Crippen molar-refractivity contribution in [3.05, 3.63) is 50.6 Å². The Balaban J connectivity index is 2.23. The Hall–Kier alpha value is -2.48. The number of hydrogen-bond acceptors (Lipinski definition) is 7. The molecule has 1 aliphatic rings. The van der Waals surface area contributed by atoms with E-state index in [1.54, 1.807) is 27.7 Å². The average Bonchev–Trinajstić information content (AvgIpc) is 2.76. The third-order valence-corrected chi connectivity index (χ3v) is 6.42. The third kappa shape index (κ3) is 5.74. The highest BCUT2D eigenvalue weighted by molar-refractivity contribution is 14.1. The second-order valence-corrected chi connectivity index (χ2v) is 10.5. The van der Waals surface area contributed by atoms with E-state index >= 15 is 0 Å². The number of aromatic nitrogens is 2. The van der Waals surface area contributed by atoms with Crippen LogP contribution in [0.25, 0.3) is 0 Å². The molecule has 0 radical (unpaired) electrons. The molecule has 0 bridgehead atoms. The molecule has 2 aromatic rings. The Bertz CT molecular complexity index is 1150. The fourth-order valence-corrected chi connectivity index (χ4v) is 4.65. The predicted molar refractivity (Wildman–Crippen MR) is 135 cm³/mol. The first-order chi connectivity index (χ1) is 16.7. The van der Waals surface area contributed by atoms with Gasteiger partial charge in [0.2, 0.25) is 0 Å². The highest BCUT2D eigenvalue weighted by atomic mass is 127. The molecule has 0 saturated heterocycles. The zero-order valence-electron chi connectivity index (χ0n) is 20.5. The van der Waals surface area contributed by atoms with Crippen molar-refractivity contribution in [3.8, 4) is 0 Å². The van der Waals surface area contributed by atoms with Crippen LogP contribution >= 0.6 is 22.6 Å². The van der Waals surface area contributed by atoms with Gasteiger partial charge in [0.25, 0.3) is 0 Å². The van der Waals surface area contributed by atoms with Gasteiger partial charge in [0, 0.05) is 12.2 Å². The quantitative estimate of drug-likeness (QED) is 0.367. The van der Waals surface area contributed by atoms with Crippen molar-refractivity contribution in [3.63, 3.8) is 0 Å². The van der Waals surface area contributed by atoms with Crippen LogP contribution in [0.2, 0.25) is 0 Å². The minimum Gasteiger partial charge on any atom is -0.455 e. The van der Waals surface area contributed by atoms with Gasteiger partial charge in [0.05, 0.1) is 33.4 Å². The molecule has 0 saturated carbocycles. The van der Waals surface area contributed by atoms with E-state index in [1.165, 1.54) is 17.2 Å². The lowest BCUT2D eigenvalue weighted by molar-refractivity contribution is -0.137. The summed E-state index contributed by atoms with van der Waals surface area (Å²) in [4.78, 5) is 35.7. The van der Waals surface area contributed by atoms with Crippen LogP contribution in [-0.2, 0) is 15.7 Å². The molecule has 12 heteroatoms. The number of nitrogens with two attached hydrogens (primary N) is 1. The van der Waals surface area contributed by atoms with Gasteiger partial charge in [0.15, 0.2) is 5.69 Å². The highest BCUT2D eigenvalue weighted by Gasteiger charge is 2.45. The zero-order valence-corrected chi connectivity index (χ0v) is 22.7. The summed E-state index contributed by atoms with van der Waals surface area (Å²) in [6, 6.07) is 1.59. The number of fused-ring (bicyclic) bond motifs is 1. The molecule has 1 aliphatic heterocycles. The fraction of sp³-hybridized carbons (Fsp3) is 0.500. The van der Waals surface area contributed by atoms with Crippen LogP contribution in [0.5, 0.6) is 0 Å². The van der Waals surface area contributed by atoms with E-state index in [1.807, 2.05) is 29.5 Å². The summed E-state index contributed by atoms with van der Waals surface area (Å²) < 4.78 is 52.0. The van der Waals surface area contributed by atoms with Crippen molar-refractivity contribution >= 4 is 40.3 Å². The van der Waals surface area contributed by atoms with E-state index in [9.17, 15) is 22.8 Å². The number of benzene rings is 1. The zero-order chi connectivity index (χ0) is 27.0. The van der Waals surface area contributed by atoms with E-state index in [0.29, 0.717) is 9.99 Å². The summed E-state index contributed by atoms with van der Waals surface area (Å²) in [5.41, 5.74) is 5.23. The lowest BCUT2D eigenvalue weighted by Crippen LogP contribution is -2.57. The number of hydrogen-bond donors (Lipinski definition) is 1. The molecule has 1 amide bonds. The van der Waals surface area contributed by atoms with Crippen molar-refractivity contribution in [2.45, 2.75) is 70.8 Å². The van der Waals surface area contributed by atoms with Gasteiger partial charge in [-0.2, -0.15) is 13.2 Å². The van der Waals surface area contributed by atoms with Crippen LogP contribution in [0.4, 0.5) is 23.7 Å². The third-order valence-electron chi connectivity index (χ3n) is 5.63. The molecule has 1 aromatic carbocycles. The molecule has 0 aliphatic carbocycles. The van der Waals surface area contributed by atoms with Crippen molar-refractivity contribution in [2.75, 3.05) is 11.5 Å². The smallest absolute Gasteiger partial charge is 0.416 e. The maximum Gasteiger partial charge on any atom is 0.416 e. The maximum absolute atomic E-state index is 13.7. The monoisotopic (exact) mass is 620 g/mol. The van der Waals surface area contributed by atoms with Crippen molar-refractivity contribution in [2.24, 2.45) is 5.73 Å². The van der Waals surface area contributed by atoms with E-state index in [-0.39, 0.29) is 29.4 Å². The molecule has 2 N–H and O–H groups in total. The molecule has 8 nitrogen and oxygen atoms in total. The Morgan fingerprint density at radius 3 is 2.42 bits per heavy atom. The number of carbonyl (C=O) groups is 2. The summed E-state index contributed by atoms with van der Waals surface area (Å²) in [5.74, 6) is -1.56. The number of ether oxygens (including phenoxy) is 2. The van der Waals surface area contributed by atoms with Gasteiger partial charge in [-0.3, -0.25) is 4.90 Å². The van der Waals surface area contributed by atoms with Gasteiger partial charge >= 0.3 is 18.2 Å². The van der Waals surface area contributed by atoms with Gasteiger partial charge in [-0.25, -0.2) is 19.6 Å². The summed E-state index contributed by atoms with van der Waals surface area (Å²) >= 11 is 1.89. The molecule has 0 fully saturated rings. The number of carbonyl (C=O) groups excluding carboxylic acids is 2. The number of amides is 1. The van der Waals surface area contributed by atoms with Gasteiger partial charge < -0.3 is 15.2 Å². The van der Waals surface area contributed by atoms with Crippen molar-refractivity contribution in [1.29, 1.82) is 0 Å². The van der Waals surface area contributed by atoms with E-state index in [4.69, 9.17) is 15.2 Å². The second kappa shape index (κ2) is 10.5. The molecule has 3 atom stereocenters. The molecule has 1 aromatic heterocycles. The molecule has 196 valence electrons. The summed E-state index contributed by atoms with van der Waals surface area (Å²) in [5, 5.41) is 0. The van der Waals surface area contributed by atoms with Crippen LogP contribution in [0.1, 0.15) is 74.4 Å². The maximum atomic E-state index is 13.7. The Morgan fingerprint density at radius 1 is 1.19 bits per heavy atom. The van der Waals surface area contributed by atoms with Crippen LogP contribution in [-0.4, -0.2) is 46.3 Å². The lowest BCUT2D eigenvalue weighted by Gasteiger charge is -2.43. The number of anilines is 1. The van der Waals surface area contributed by atoms with Gasteiger partial charge in [0.1, 0.15) is 11.4 Å². The van der Waals surface area contributed by atoms with Crippen LogP contribution in [0, 0.1) is 3.57 Å². The first kappa shape index (κ1) is 28.1. The van der Waals surface area contributed by atoms with E-state index in [0.717, 1.165) is 12.1 Å². The number of alkyl halides is 3. The summed E-state index contributed by atoms with van der Waals surface area (Å²) in [6.07, 6.45) is -3.55. The molecule has 36 heavy (non-hydrogen) atoms. The fourth-order valence-electron chi connectivity index (χ4n) is 4.17. The average molecular weight is 620 g/mol. The van der Waals surface area contributed by atoms with Crippen LogP contribution < -0.4 is 10.6 Å². The molecule has 0 spiro atoms. The predicted octanol–water partition coefficient (Wildman–Crippen LogP) is 5.27. The Labute approximate surface area is 220 Å². The molecule has 3 unspecified atom stereocenters. The van der Waals surface area contributed by atoms with Gasteiger partial charge in [-0.1, -0.05) is 6.92 Å². The topological polar surface area (TPSA) is 108 Å². The molecule has 2 heterocycles. The molecule has 3 rings (SSSR count). The van der Waals surface area contributed by atoms with Crippen LogP contribution in [0.3, 0.4) is 0 Å². The van der Waals surface area contributed by atoms with Gasteiger partial charge in [-0.15, -0.1) is 0 Å². The first-order valence-corrected chi connectivity index (χ1v) is 12.5. The minimum absolute atomic E-state index is 0.0166. The number of halogens is 4. The van der Waals surface area contributed by atoms with Crippen molar-refractivity contribution in [1.82, 2.24) is 9.97 Å².